The summed E-state index contributed by atoms with van der Waals surface area (Å²) in [6.45, 7) is 0.450. The van der Waals surface area contributed by atoms with Crippen molar-refractivity contribution in [1.29, 1.82) is 0 Å². The van der Waals surface area contributed by atoms with Gasteiger partial charge in [-0.25, -0.2) is 9.37 Å². The van der Waals surface area contributed by atoms with Gasteiger partial charge >= 0.3 is 0 Å². The highest BCUT2D eigenvalue weighted by Crippen LogP contribution is 2.18. The molecule has 0 aliphatic rings. The van der Waals surface area contributed by atoms with Gasteiger partial charge in [0.15, 0.2) is 11.6 Å². The highest BCUT2D eigenvalue weighted by Gasteiger charge is 2.06. The molecule has 0 spiro atoms. The molecule has 0 aliphatic heterocycles. The number of rotatable bonds is 3. The summed E-state index contributed by atoms with van der Waals surface area (Å²) in [5, 5.41) is 2.89. The van der Waals surface area contributed by atoms with Crippen molar-refractivity contribution in [2.45, 2.75) is 6.54 Å². The van der Waals surface area contributed by atoms with E-state index in [1.807, 2.05) is 24.3 Å². The molecule has 88 valence electrons. The summed E-state index contributed by atoms with van der Waals surface area (Å²) in [7, 11) is 0. The monoisotopic (exact) mass is 315 g/mol. The number of halogens is 3. The molecule has 0 radical (unpaired) electrons. The number of anilines is 1. The molecule has 0 saturated heterocycles. The predicted molar refractivity (Wildman–Crippen MR) is 68.5 cm³/mol. The number of hydrogen-bond donors (Lipinski definition) is 1. The van der Waals surface area contributed by atoms with Gasteiger partial charge < -0.3 is 5.32 Å². The number of nitrogens with one attached hydrogen (secondary N) is 1. The topological polar surface area (TPSA) is 37.8 Å². The lowest BCUT2D eigenvalue weighted by Crippen LogP contribution is -2.05. The Labute approximate surface area is 111 Å². The molecule has 0 aliphatic carbocycles. The smallest absolute Gasteiger partial charge is 0.224 e. The Morgan fingerprint density at radius 3 is 2.88 bits per heavy atom. The number of nitrogens with zero attached hydrogens (tertiary/aromatic N) is 2. The first-order valence-corrected chi connectivity index (χ1v) is 5.99. The van der Waals surface area contributed by atoms with E-state index in [1.165, 1.54) is 0 Å². The standard InChI is InChI=1S/C11H8BrClFN3/c12-8-4-2-1-3-7(8)5-15-10-9(14)6-16-11(13)17-10/h1-4,6H,5H2,(H,15,16,17). The Morgan fingerprint density at radius 2 is 2.12 bits per heavy atom. The molecule has 3 nitrogen and oxygen atoms in total. The van der Waals surface area contributed by atoms with Gasteiger partial charge in [-0.3, -0.25) is 0 Å². The van der Waals surface area contributed by atoms with Crippen LogP contribution < -0.4 is 5.32 Å². The second kappa shape index (κ2) is 5.42. The van der Waals surface area contributed by atoms with Crippen LogP contribution in [0, 0.1) is 5.82 Å². The molecule has 0 saturated carbocycles. The minimum atomic E-state index is -0.526. The molecule has 1 heterocycles. The first-order chi connectivity index (χ1) is 8.16. The van der Waals surface area contributed by atoms with Crippen molar-refractivity contribution in [2.75, 3.05) is 5.32 Å². The fraction of sp³-hybridized carbons (Fsp3) is 0.0909. The maximum atomic E-state index is 13.3. The Hall–Kier alpha value is -1.20. The molecule has 1 aromatic carbocycles. The lowest BCUT2D eigenvalue weighted by Gasteiger charge is -2.07. The molecule has 1 N–H and O–H groups in total. The summed E-state index contributed by atoms with van der Waals surface area (Å²) >= 11 is 9.00. The summed E-state index contributed by atoms with van der Waals surface area (Å²) in [6.07, 6.45) is 1.04. The van der Waals surface area contributed by atoms with Crippen LogP contribution in [0.1, 0.15) is 5.56 Å². The number of hydrogen-bond acceptors (Lipinski definition) is 3. The Morgan fingerprint density at radius 1 is 1.35 bits per heavy atom. The van der Waals surface area contributed by atoms with Gasteiger partial charge in [0.1, 0.15) is 0 Å². The van der Waals surface area contributed by atoms with E-state index in [4.69, 9.17) is 11.6 Å². The number of benzene rings is 1. The van der Waals surface area contributed by atoms with Gasteiger partial charge in [0.25, 0.3) is 0 Å². The first kappa shape index (κ1) is 12.3. The molecule has 0 bridgehead atoms. The van der Waals surface area contributed by atoms with Gasteiger partial charge in [-0.2, -0.15) is 4.98 Å². The van der Waals surface area contributed by atoms with Crippen molar-refractivity contribution in [1.82, 2.24) is 9.97 Å². The van der Waals surface area contributed by atoms with E-state index >= 15 is 0 Å². The summed E-state index contributed by atoms with van der Waals surface area (Å²) in [4.78, 5) is 7.31. The third-order valence-corrected chi connectivity index (χ3v) is 3.07. The van der Waals surface area contributed by atoms with Crippen molar-refractivity contribution >= 4 is 33.3 Å². The largest absolute Gasteiger partial charge is 0.363 e. The van der Waals surface area contributed by atoms with E-state index in [0.717, 1.165) is 16.2 Å². The molecule has 6 heteroatoms. The molecular weight excluding hydrogens is 308 g/mol. The number of aromatic nitrogens is 2. The van der Waals surface area contributed by atoms with Gasteiger partial charge in [-0.15, -0.1) is 0 Å². The van der Waals surface area contributed by atoms with Crippen LogP contribution in [-0.2, 0) is 6.54 Å². The van der Waals surface area contributed by atoms with Gasteiger partial charge in [0.2, 0.25) is 5.28 Å². The fourth-order valence-corrected chi connectivity index (χ4v) is 1.85. The van der Waals surface area contributed by atoms with Crippen molar-refractivity contribution in [3.05, 3.63) is 51.6 Å². The molecule has 0 amide bonds. The third kappa shape index (κ3) is 3.14. The third-order valence-electron chi connectivity index (χ3n) is 2.12. The zero-order valence-electron chi connectivity index (χ0n) is 8.62. The molecular formula is C11H8BrClFN3. The first-order valence-electron chi connectivity index (χ1n) is 4.82. The van der Waals surface area contributed by atoms with Crippen molar-refractivity contribution in [2.24, 2.45) is 0 Å². The quantitative estimate of drug-likeness (QED) is 0.879. The van der Waals surface area contributed by atoms with Crippen LogP contribution in [0.4, 0.5) is 10.2 Å². The molecule has 2 aromatic rings. The zero-order chi connectivity index (χ0) is 12.3. The zero-order valence-corrected chi connectivity index (χ0v) is 11.0. The average Bonchev–Trinajstić information content (AvgIpc) is 2.32. The lowest BCUT2D eigenvalue weighted by molar-refractivity contribution is 0.616. The van der Waals surface area contributed by atoms with Crippen molar-refractivity contribution in [3.63, 3.8) is 0 Å². The predicted octanol–water partition coefficient (Wildman–Crippen LogP) is 3.64. The van der Waals surface area contributed by atoms with E-state index in [-0.39, 0.29) is 11.1 Å². The minimum absolute atomic E-state index is 0.0148. The average molecular weight is 317 g/mol. The van der Waals surface area contributed by atoms with Crippen LogP contribution >= 0.6 is 27.5 Å². The Bertz CT molecular complexity index is 536. The highest BCUT2D eigenvalue weighted by atomic mass is 79.9. The van der Waals surface area contributed by atoms with Gasteiger partial charge in [0.05, 0.1) is 6.20 Å². The second-order valence-corrected chi connectivity index (χ2v) is 4.47. The molecule has 1 aromatic heterocycles. The normalized spacial score (nSPS) is 10.3. The molecule has 2 rings (SSSR count). The van der Waals surface area contributed by atoms with E-state index < -0.39 is 5.82 Å². The van der Waals surface area contributed by atoms with Gasteiger partial charge in [0, 0.05) is 11.0 Å². The fourth-order valence-electron chi connectivity index (χ4n) is 1.29. The van der Waals surface area contributed by atoms with Crippen LogP contribution in [0.3, 0.4) is 0 Å². The van der Waals surface area contributed by atoms with Crippen LogP contribution in [0.25, 0.3) is 0 Å². The maximum absolute atomic E-state index is 13.3. The van der Waals surface area contributed by atoms with Crippen molar-refractivity contribution < 1.29 is 4.39 Å². The molecule has 0 unspecified atom stereocenters. The lowest BCUT2D eigenvalue weighted by atomic mass is 10.2. The Kier molecular flexibility index (Phi) is 3.91. The van der Waals surface area contributed by atoms with Crippen molar-refractivity contribution in [3.8, 4) is 0 Å². The molecule has 0 fully saturated rings. The van der Waals surface area contributed by atoms with Crippen LogP contribution in [0.2, 0.25) is 5.28 Å². The summed E-state index contributed by atoms with van der Waals surface area (Å²) in [5.41, 5.74) is 1.00. The summed E-state index contributed by atoms with van der Waals surface area (Å²) in [5.74, 6) is -0.429. The Balaban J connectivity index is 2.12. The van der Waals surface area contributed by atoms with Crippen LogP contribution in [0.15, 0.2) is 34.9 Å². The molecule has 0 atom stereocenters. The van der Waals surface area contributed by atoms with Gasteiger partial charge in [-0.05, 0) is 23.2 Å². The van der Waals surface area contributed by atoms with E-state index in [1.54, 1.807) is 0 Å². The van der Waals surface area contributed by atoms with E-state index in [0.29, 0.717) is 6.54 Å². The molecule has 17 heavy (non-hydrogen) atoms. The van der Waals surface area contributed by atoms with Crippen LogP contribution in [0.5, 0.6) is 0 Å². The van der Waals surface area contributed by atoms with Gasteiger partial charge in [-0.1, -0.05) is 34.1 Å². The highest BCUT2D eigenvalue weighted by molar-refractivity contribution is 9.10. The summed E-state index contributed by atoms with van der Waals surface area (Å²) < 4.78 is 14.3. The van der Waals surface area contributed by atoms with E-state index in [2.05, 4.69) is 31.2 Å². The second-order valence-electron chi connectivity index (χ2n) is 3.28. The van der Waals surface area contributed by atoms with Crippen LogP contribution in [-0.4, -0.2) is 9.97 Å². The summed E-state index contributed by atoms with van der Waals surface area (Å²) in [6, 6.07) is 7.67. The SMILES string of the molecule is Fc1cnc(Cl)nc1NCc1ccccc1Br. The maximum Gasteiger partial charge on any atom is 0.224 e. The van der Waals surface area contributed by atoms with E-state index in [9.17, 15) is 4.39 Å². The minimum Gasteiger partial charge on any atom is -0.363 e.